The van der Waals surface area contributed by atoms with Gasteiger partial charge in [0.2, 0.25) is 0 Å². The minimum atomic E-state index is -0.560. The molecule has 100 valence electrons. The SMILES string of the molecule is CC1CCC(Nc2c(F)cc(F)cc2Br)C(C)C1. The molecule has 3 unspecified atom stereocenters. The van der Waals surface area contributed by atoms with Crippen LogP contribution in [-0.2, 0) is 0 Å². The van der Waals surface area contributed by atoms with E-state index in [0.717, 1.165) is 31.2 Å². The van der Waals surface area contributed by atoms with E-state index in [0.29, 0.717) is 16.1 Å². The summed E-state index contributed by atoms with van der Waals surface area (Å²) < 4.78 is 27.2. The van der Waals surface area contributed by atoms with Crippen molar-refractivity contribution < 1.29 is 8.78 Å². The van der Waals surface area contributed by atoms with E-state index in [2.05, 4.69) is 35.1 Å². The average Bonchev–Trinajstić information content (AvgIpc) is 2.25. The van der Waals surface area contributed by atoms with Gasteiger partial charge in [0.05, 0.1) is 5.69 Å². The second kappa shape index (κ2) is 5.55. The number of halogens is 3. The monoisotopic (exact) mass is 317 g/mol. The Bertz CT molecular complexity index is 413. The van der Waals surface area contributed by atoms with Gasteiger partial charge in [-0.3, -0.25) is 0 Å². The van der Waals surface area contributed by atoms with Crippen molar-refractivity contribution in [1.29, 1.82) is 0 Å². The molecule has 0 spiro atoms. The number of nitrogens with one attached hydrogen (secondary N) is 1. The molecule has 0 heterocycles. The highest BCUT2D eigenvalue weighted by Crippen LogP contribution is 2.34. The zero-order valence-corrected chi connectivity index (χ0v) is 12.2. The van der Waals surface area contributed by atoms with Gasteiger partial charge in [0, 0.05) is 16.6 Å². The predicted octanol–water partition coefficient (Wildman–Crippen LogP) is 4.96. The smallest absolute Gasteiger partial charge is 0.150 e. The maximum atomic E-state index is 13.7. The fraction of sp³-hybridized carbons (Fsp3) is 0.571. The van der Waals surface area contributed by atoms with E-state index < -0.39 is 11.6 Å². The molecule has 18 heavy (non-hydrogen) atoms. The highest BCUT2D eigenvalue weighted by atomic mass is 79.9. The van der Waals surface area contributed by atoms with Gasteiger partial charge < -0.3 is 5.32 Å². The summed E-state index contributed by atoms with van der Waals surface area (Å²) in [6, 6.07) is 2.47. The van der Waals surface area contributed by atoms with E-state index in [4.69, 9.17) is 0 Å². The molecule has 0 aromatic heterocycles. The number of hydrogen-bond acceptors (Lipinski definition) is 1. The third kappa shape index (κ3) is 3.02. The fourth-order valence-corrected chi connectivity index (χ4v) is 3.27. The first-order valence-corrected chi connectivity index (χ1v) is 7.17. The van der Waals surface area contributed by atoms with Crippen molar-refractivity contribution in [3.63, 3.8) is 0 Å². The first-order valence-electron chi connectivity index (χ1n) is 6.38. The third-order valence-electron chi connectivity index (χ3n) is 3.77. The molecule has 3 atom stereocenters. The average molecular weight is 318 g/mol. The van der Waals surface area contributed by atoms with Crippen molar-refractivity contribution in [2.24, 2.45) is 11.8 Å². The van der Waals surface area contributed by atoms with Gasteiger partial charge in [-0.05, 0) is 53.1 Å². The molecule has 4 heteroatoms. The Morgan fingerprint density at radius 2 is 1.94 bits per heavy atom. The van der Waals surface area contributed by atoms with Crippen LogP contribution in [0.15, 0.2) is 16.6 Å². The molecule has 0 amide bonds. The van der Waals surface area contributed by atoms with Gasteiger partial charge in [0.15, 0.2) is 0 Å². The number of rotatable bonds is 2. The van der Waals surface area contributed by atoms with Crippen molar-refractivity contribution in [2.45, 2.75) is 39.2 Å². The van der Waals surface area contributed by atoms with Crippen LogP contribution in [0.3, 0.4) is 0 Å². The molecule has 1 aliphatic rings. The standard InChI is InChI=1S/C14H18BrF2N/c1-8-3-4-13(9(2)5-8)18-14-11(15)6-10(16)7-12(14)17/h6-9,13,18H,3-5H2,1-2H3. The lowest BCUT2D eigenvalue weighted by atomic mass is 9.80. The lowest BCUT2D eigenvalue weighted by Gasteiger charge is -2.34. The fourth-order valence-electron chi connectivity index (χ4n) is 2.75. The molecule has 2 rings (SSSR count). The molecule has 0 aliphatic heterocycles. The number of benzene rings is 1. The molecule has 1 N–H and O–H groups in total. The lowest BCUT2D eigenvalue weighted by Crippen LogP contribution is -2.33. The first kappa shape index (κ1) is 13.8. The van der Waals surface area contributed by atoms with Gasteiger partial charge in [-0.25, -0.2) is 8.78 Å². The summed E-state index contributed by atoms with van der Waals surface area (Å²) in [5.41, 5.74) is 0.378. The molecule has 0 saturated heterocycles. The summed E-state index contributed by atoms with van der Waals surface area (Å²) >= 11 is 3.21. The number of anilines is 1. The van der Waals surface area contributed by atoms with Crippen LogP contribution >= 0.6 is 15.9 Å². The van der Waals surface area contributed by atoms with E-state index in [9.17, 15) is 8.78 Å². The van der Waals surface area contributed by atoms with Crippen LogP contribution in [0.4, 0.5) is 14.5 Å². The largest absolute Gasteiger partial charge is 0.379 e. The Kier molecular flexibility index (Phi) is 4.25. The summed E-state index contributed by atoms with van der Waals surface area (Å²) in [5.74, 6) is 0.146. The molecule has 1 aromatic rings. The maximum Gasteiger partial charge on any atom is 0.150 e. The number of hydrogen-bond donors (Lipinski definition) is 1. The second-order valence-corrected chi connectivity index (χ2v) is 6.25. The Morgan fingerprint density at radius 1 is 1.22 bits per heavy atom. The van der Waals surface area contributed by atoms with Crippen molar-refractivity contribution >= 4 is 21.6 Å². The van der Waals surface area contributed by atoms with Gasteiger partial charge in [-0.2, -0.15) is 0 Å². The maximum absolute atomic E-state index is 13.7. The van der Waals surface area contributed by atoms with Crippen molar-refractivity contribution in [3.05, 3.63) is 28.2 Å². The van der Waals surface area contributed by atoms with Crippen LogP contribution in [0.25, 0.3) is 0 Å². The summed E-state index contributed by atoms with van der Waals surface area (Å²) in [5, 5.41) is 3.23. The van der Waals surface area contributed by atoms with Crippen LogP contribution in [0, 0.1) is 23.5 Å². The van der Waals surface area contributed by atoms with E-state index in [-0.39, 0.29) is 6.04 Å². The van der Waals surface area contributed by atoms with Crippen LogP contribution in [0.2, 0.25) is 0 Å². The quantitative estimate of drug-likeness (QED) is 0.812. The highest BCUT2D eigenvalue weighted by Gasteiger charge is 2.26. The van der Waals surface area contributed by atoms with Crippen LogP contribution in [0.5, 0.6) is 0 Å². The molecule has 1 aliphatic carbocycles. The molecule has 0 radical (unpaired) electrons. The summed E-state index contributed by atoms with van der Waals surface area (Å²) in [6.07, 6.45) is 3.34. The Hall–Kier alpha value is -0.640. The van der Waals surface area contributed by atoms with E-state index in [1.165, 1.54) is 6.07 Å². The van der Waals surface area contributed by atoms with Crippen LogP contribution in [-0.4, -0.2) is 6.04 Å². The van der Waals surface area contributed by atoms with Gasteiger partial charge in [-0.1, -0.05) is 13.8 Å². The molecule has 1 nitrogen and oxygen atoms in total. The zero-order valence-electron chi connectivity index (χ0n) is 10.6. The minimum Gasteiger partial charge on any atom is -0.379 e. The van der Waals surface area contributed by atoms with Gasteiger partial charge >= 0.3 is 0 Å². The summed E-state index contributed by atoms with van der Waals surface area (Å²) in [4.78, 5) is 0. The topological polar surface area (TPSA) is 12.0 Å². The normalized spacial score (nSPS) is 28.2. The van der Waals surface area contributed by atoms with Crippen molar-refractivity contribution in [2.75, 3.05) is 5.32 Å². The molecule has 1 fully saturated rings. The van der Waals surface area contributed by atoms with Crippen molar-refractivity contribution in [1.82, 2.24) is 0 Å². The van der Waals surface area contributed by atoms with E-state index in [1.807, 2.05) is 0 Å². The summed E-state index contributed by atoms with van der Waals surface area (Å²) in [7, 11) is 0. The molecule has 1 aromatic carbocycles. The van der Waals surface area contributed by atoms with Crippen molar-refractivity contribution in [3.8, 4) is 0 Å². The van der Waals surface area contributed by atoms with E-state index >= 15 is 0 Å². The summed E-state index contributed by atoms with van der Waals surface area (Å²) in [6.45, 7) is 4.43. The first-order chi connectivity index (χ1) is 8.47. The Labute approximate surface area is 115 Å². The van der Waals surface area contributed by atoms with Gasteiger partial charge in [0.25, 0.3) is 0 Å². The van der Waals surface area contributed by atoms with E-state index in [1.54, 1.807) is 0 Å². The van der Waals surface area contributed by atoms with Gasteiger partial charge in [0.1, 0.15) is 11.6 Å². The Balaban J connectivity index is 2.14. The molecule has 1 saturated carbocycles. The third-order valence-corrected chi connectivity index (χ3v) is 4.39. The minimum absolute atomic E-state index is 0.262. The van der Waals surface area contributed by atoms with Crippen LogP contribution in [0.1, 0.15) is 33.1 Å². The van der Waals surface area contributed by atoms with Crippen LogP contribution < -0.4 is 5.32 Å². The molecule has 0 bridgehead atoms. The lowest BCUT2D eigenvalue weighted by molar-refractivity contribution is 0.276. The second-order valence-electron chi connectivity index (χ2n) is 5.39. The zero-order chi connectivity index (χ0) is 13.3. The van der Waals surface area contributed by atoms with Gasteiger partial charge in [-0.15, -0.1) is 0 Å². The Morgan fingerprint density at radius 3 is 2.56 bits per heavy atom. The molecular weight excluding hydrogens is 300 g/mol. The highest BCUT2D eigenvalue weighted by molar-refractivity contribution is 9.10. The molecular formula is C14H18BrF2N. The predicted molar refractivity (Wildman–Crippen MR) is 73.6 cm³/mol.